The summed E-state index contributed by atoms with van der Waals surface area (Å²) in [5.41, 5.74) is 3.01. The summed E-state index contributed by atoms with van der Waals surface area (Å²) in [6, 6.07) is 9.54. The van der Waals surface area contributed by atoms with E-state index in [0.717, 1.165) is 11.1 Å². The quantitative estimate of drug-likeness (QED) is 0.741. The summed E-state index contributed by atoms with van der Waals surface area (Å²) in [6.07, 6.45) is 0.238. The normalized spacial score (nSPS) is 12.4. The van der Waals surface area contributed by atoms with Crippen molar-refractivity contribution in [1.82, 2.24) is 9.13 Å². The van der Waals surface area contributed by atoms with Gasteiger partial charge in [-0.05, 0) is 18.6 Å². The first-order chi connectivity index (χ1) is 11.9. The molecular weight excluding hydrogens is 320 g/mol. The van der Waals surface area contributed by atoms with Crippen molar-refractivity contribution >= 4 is 16.9 Å². The van der Waals surface area contributed by atoms with Gasteiger partial charge in [-0.1, -0.05) is 29.8 Å². The molecule has 1 atom stereocenters. The van der Waals surface area contributed by atoms with Gasteiger partial charge in [0.2, 0.25) is 0 Å². The Morgan fingerprint density at radius 2 is 1.80 bits per heavy atom. The van der Waals surface area contributed by atoms with Gasteiger partial charge in [-0.2, -0.15) is 0 Å². The van der Waals surface area contributed by atoms with Gasteiger partial charge in [-0.15, -0.1) is 0 Å². The highest BCUT2D eigenvalue weighted by molar-refractivity contribution is 5.98. The second-order valence-electron chi connectivity index (χ2n) is 6.11. The average molecular weight is 340 g/mol. The molecule has 0 aliphatic carbocycles. The number of carbonyl (C=O) groups is 1. The Bertz CT molecular complexity index is 1010. The second kappa shape index (κ2) is 6.22. The minimum absolute atomic E-state index is 0.222. The van der Waals surface area contributed by atoms with Crippen LogP contribution >= 0.6 is 0 Å². The molecule has 0 amide bonds. The topological polar surface area (TPSA) is 73.5 Å². The van der Waals surface area contributed by atoms with E-state index < -0.39 is 12.1 Å². The maximum Gasteiger partial charge on any atom is 0.340 e. The highest BCUT2D eigenvalue weighted by Crippen LogP contribution is 2.34. The molecule has 1 unspecified atom stereocenters. The number of fused-ring (bicyclic) bond motifs is 1. The van der Waals surface area contributed by atoms with E-state index in [1.165, 1.54) is 11.7 Å². The number of hydrogen-bond acceptors (Lipinski definition) is 4. The molecular formula is C19H20N2O4. The Kier molecular flexibility index (Phi) is 4.22. The van der Waals surface area contributed by atoms with Crippen molar-refractivity contribution in [3.8, 4) is 11.1 Å². The zero-order valence-corrected chi connectivity index (χ0v) is 14.6. The minimum Gasteiger partial charge on any atom is -0.467 e. The van der Waals surface area contributed by atoms with Crippen molar-refractivity contribution in [3.05, 3.63) is 58.1 Å². The molecule has 0 bridgehead atoms. The van der Waals surface area contributed by atoms with E-state index in [1.807, 2.05) is 37.3 Å². The van der Waals surface area contributed by atoms with Crippen LogP contribution in [0.3, 0.4) is 0 Å². The molecule has 6 heteroatoms. The van der Waals surface area contributed by atoms with Crippen molar-refractivity contribution in [1.29, 1.82) is 0 Å². The maximum absolute atomic E-state index is 12.8. The number of esters is 1. The number of aromatic nitrogens is 2. The van der Waals surface area contributed by atoms with Crippen LogP contribution in [-0.2, 0) is 23.6 Å². The number of carbonyl (C=O) groups excluding carboxylic acids is 1. The number of hydrogen-bond donors (Lipinski definition) is 1. The Morgan fingerprint density at radius 3 is 2.40 bits per heavy atom. The van der Waals surface area contributed by atoms with E-state index in [0.29, 0.717) is 16.5 Å². The molecule has 25 heavy (non-hydrogen) atoms. The minimum atomic E-state index is -1.55. The van der Waals surface area contributed by atoms with Crippen LogP contribution in [0, 0.1) is 6.92 Å². The molecule has 2 aromatic heterocycles. The zero-order valence-electron chi connectivity index (χ0n) is 14.6. The fourth-order valence-electron chi connectivity index (χ4n) is 3.14. The molecule has 130 valence electrons. The largest absolute Gasteiger partial charge is 0.467 e. The lowest BCUT2D eigenvalue weighted by Crippen LogP contribution is -2.28. The lowest BCUT2D eigenvalue weighted by atomic mass is 9.96. The fourth-order valence-corrected chi connectivity index (χ4v) is 3.14. The lowest BCUT2D eigenvalue weighted by Gasteiger charge is -2.19. The third kappa shape index (κ3) is 2.64. The van der Waals surface area contributed by atoms with Crippen LogP contribution in [0.25, 0.3) is 22.0 Å². The number of methoxy groups -OCH3 is 1. The molecule has 6 nitrogen and oxygen atoms in total. The summed E-state index contributed by atoms with van der Waals surface area (Å²) in [5, 5.41) is 11.2. The summed E-state index contributed by atoms with van der Waals surface area (Å²) in [5.74, 6) is -0.807. The van der Waals surface area contributed by atoms with Gasteiger partial charge in [0.25, 0.3) is 5.56 Å². The van der Waals surface area contributed by atoms with Crippen LogP contribution in [-0.4, -0.2) is 27.3 Å². The molecule has 3 aromatic rings. The van der Waals surface area contributed by atoms with Crippen LogP contribution in [0.4, 0.5) is 0 Å². The number of rotatable bonds is 3. The number of benzene rings is 1. The number of aliphatic hydroxyl groups excluding tert-OH is 1. The van der Waals surface area contributed by atoms with Crippen LogP contribution < -0.4 is 5.56 Å². The molecule has 2 heterocycles. The molecule has 3 rings (SSSR count). The van der Waals surface area contributed by atoms with Crippen molar-refractivity contribution in [3.63, 3.8) is 0 Å². The standard InChI is InChI=1S/C19H20N2O4/c1-11-5-7-12(8-6-11)14-13-9-10-20(2)15(13)18(23)21(3)16(14)17(22)19(24)25-4/h5-10,17,22H,1-4H3. The summed E-state index contributed by atoms with van der Waals surface area (Å²) in [6.45, 7) is 1.98. The zero-order chi connectivity index (χ0) is 18.3. The molecule has 0 radical (unpaired) electrons. The monoisotopic (exact) mass is 340 g/mol. The highest BCUT2D eigenvalue weighted by Gasteiger charge is 2.28. The highest BCUT2D eigenvalue weighted by atomic mass is 16.5. The third-order valence-corrected chi connectivity index (χ3v) is 4.49. The van der Waals surface area contributed by atoms with Crippen LogP contribution in [0.15, 0.2) is 41.3 Å². The van der Waals surface area contributed by atoms with Crippen molar-refractivity contribution in [2.24, 2.45) is 14.1 Å². The van der Waals surface area contributed by atoms with Crippen LogP contribution in [0.1, 0.15) is 17.4 Å². The predicted octanol–water partition coefficient (Wildman–Crippen LogP) is 2.06. The Balaban J connectivity index is 2.46. The van der Waals surface area contributed by atoms with Crippen molar-refractivity contribution in [2.75, 3.05) is 7.11 Å². The molecule has 0 saturated carbocycles. The lowest BCUT2D eigenvalue weighted by molar-refractivity contribution is -0.151. The predicted molar refractivity (Wildman–Crippen MR) is 95.3 cm³/mol. The van der Waals surface area contributed by atoms with Gasteiger partial charge in [0, 0.05) is 31.2 Å². The summed E-state index contributed by atoms with van der Waals surface area (Å²) < 4.78 is 7.74. The first kappa shape index (κ1) is 17.0. The molecule has 0 aliphatic heterocycles. The molecule has 1 N–H and O–H groups in total. The smallest absolute Gasteiger partial charge is 0.340 e. The molecule has 1 aromatic carbocycles. The number of aliphatic hydroxyl groups is 1. The summed E-state index contributed by atoms with van der Waals surface area (Å²) in [7, 11) is 4.54. The summed E-state index contributed by atoms with van der Waals surface area (Å²) in [4.78, 5) is 24.7. The van der Waals surface area contributed by atoms with Gasteiger partial charge in [-0.3, -0.25) is 4.79 Å². The van der Waals surface area contributed by atoms with E-state index in [-0.39, 0.29) is 11.3 Å². The fraction of sp³-hybridized carbons (Fsp3) is 0.263. The van der Waals surface area contributed by atoms with Gasteiger partial charge < -0.3 is 19.0 Å². The van der Waals surface area contributed by atoms with Gasteiger partial charge >= 0.3 is 5.97 Å². The van der Waals surface area contributed by atoms with Crippen molar-refractivity contribution < 1.29 is 14.6 Å². The van der Waals surface area contributed by atoms with E-state index in [2.05, 4.69) is 4.74 Å². The number of pyridine rings is 1. The molecule has 0 aliphatic rings. The second-order valence-corrected chi connectivity index (χ2v) is 6.11. The Hall–Kier alpha value is -2.86. The molecule has 0 spiro atoms. The first-order valence-corrected chi connectivity index (χ1v) is 7.87. The molecule has 0 saturated heterocycles. The van der Waals surface area contributed by atoms with Gasteiger partial charge in [-0.25, -0.2) is 4.79 Å². The maximum atomic E-state index is 12.8. The van der Waals surface area contributed by atoms with Gasteiger partial charge in [0.1, 0.15) is 5.52 Å². The van der Waals surface area contributed by atoms with E-state index in [1.54, 1.807) is 24.9 Å². The van der Waals surface area contributed by atoms with Crippen LogP contribution in [0.5, 0.6) is 0 Å². The SMILES string of the molecule is COC(=O)C(O)c1c(-c2ccc(C)cc2)c2ccn(C)c2c(=O)n1C. The number of ether oxygens (including phenoxy) is 1. The van der Waals surface area contributed by atoms with Crippen molar-refractivity contribution in [2.45, 2.75) is 13.0 Å². The van der Waals surface area contributed by atoms with E-state index in [4.69, 9.17) is 0 Å². The molecule has 0 fully saturated rings. The van der Waals surface area contributed by atoms with E-state index in [9.17, 15) is 14.7 Å². The number of nitrogens with zero attached hydrogens (tertiary/aromatic N) is 2. The average Bonchev–Trinajstić information content (AvgIpc) is 2.99. The van der Waals surface area contributed by atoms with Gasteiger partial charge in [0.15, 0.2) is 6.10 Å². The Labute approximate surface area is 144 Å². The Morgan fingerprint density at radius 1 is 1.16 bits per heavy atom. The van der Waals surface area contributed by atoms with Gasteiger partial charge in [0.05, 0.1) is 12.8 Å². The van der Waals surface area contributed by atoms with Crippen LogP contribution in [0.2, 0.25) is 0 Å². The summed E-state index contributed by atoms with van der Waals surface area (Å²) >= 11 is 0. The first-order valence-electron chi connectivity index (χ1n) is 7.87. The number of aryl methyl sites for hydroxylation is 2. The van der Waals surface area contributed by atoms with E-state index >= 15 is 0 Å². The third-order valence-electron chi connectivity index (χ3n) is 4.49.